The van der Waals surface area contributed by atoms with Gasteiger partial charge in [-0.25, -0.2) is 4.68 Å². The maximum absolute atomic E-state index is 6.10. The standard InChI is InChI=1S/C13H17ClN4/c1-3-6-15-8-11-9-18(17-16-11)12-5-4-10(2)13(14)7-12/h4-5,7,9,15H,3,6,8H2,1-2H3. The van der Waals surface area contributed by atoms with Crippen LogP contribution in [0, 0.1) is 6.92 Å². The number of aryl methyl sites for hydroxylation is 1. The fourth-order valence-electron chi connectivity index (χ4n) is 1.62. The van der Waals surface area contributed by atoms with E-state index < -0.39 is 0 Å². The minimum Gasteiger partial charge on any atom is -0.311 e. The molecular formula is C13H17ClN4. The predicted octanol–water partition coefficient (Wildman–Crippen LogP) is 2.73. The van der Waals surface area contributed by atoms with E-state index in [1.165, 1.54) is 0 Å². The Morgan fingerprint density at radius 2 is 2.22 bits per heavy atom. The molecule has 96 valence electrons. The maximum Gasteiger partial charge on any atom is 0.0969 e. The van der Waals surface area contributed by atoms with Gasteiger partial charge in [-0.1, -0.05) is 29.8 Å². The molecule has 0 unspecified atom stereocenters. The lowest BCUT2D eigenvalue weighted by Crippen LogP contribution is -2.13. The van der Waals surface area contributed by atoms with E-state index in [9.17, 15) is 0 Å². The van der Waals surface area contributed by atoms with Crippen molar-refractivity contribution in [2.45, 2.75) is 26.8 Å². The second-order valence-electron chi connectivity index (χ2n) is 4.26. The highest BCUT2D eigenvalue weighted by Gasteiger charge is 2.04. The van der Waals surface area contributed by atoms with Crippen molar-refractivity contribution in [3.63, 3.8) is 0 Å². The largest absolute Gasteiger partial charge is 0.311 e. The second kappa shape index (κ2) is 5.98. The monoisotopic (exact) mass is 264 g/mol. The molecule has 0 aliphatic heterocycles. The Bertz CT molecular complexity index is 521. The Morgan fingerprint density at radius 1 is 1.39 bits per heavy atom. The van der Waals surface area contributed by atoms with Crippen LogP contribution in [-0.2, 0) is 6.54 Å². The molecule has 0 saturated carbocycles. The van der Waals surface area contributed by atoms with Crippen LogP contribution in [0.25, 0.3) is 5.69 Å². The number of nitrogens with zero attached hydrogens (tertiary/aromatic N) is 3. The summed E-state index contributed by atoms with van der Waals surface area (Å²) in [6.07, 6.45) is 3.03. The van der Waals surface area contributed by atoms with Crippen LogP contribution in [0.3, 0.4) is 0 Å². The van der Waals surface area contributed by atoms with Gasteiger partial charge in [-0.2, -0.15) is 0 Å². The normalized spacial score (nSPS) is 10.8. The summed E-state index contributed by atoms with van der Waals surface area (Å²) in [5.41, 5.74) is 2.92. The summed E-state index contributed by atoms with van der Waals surface area (Å²) < 4.78 is 1.74. The van der Waals surface area contributed by atoms with Gasteiger partial charge in [-0.15, -0.1) is 5.10 Å². The molecule has 0 fully saturated rings. The first kappa shape index (κ1) is 13.1. The van der Waals surface area contributed by atoms with Crippen molar-refractivity contribution in [3.8, 4) is 5.69 Å². The average molecular weight is 265 g/mol. The molecule has 1 N–H and O–H groups in total. The quantitative estimate of drug-likeness (QED) is 0.845. The molecule has 0 amide bonds. The molecule has 0 bridgehead atoms. The lowest BCUT2D eigenvalue weighted by Gasteiger charge is -2.02. The van der Waals surface area contributed by atoms with E-state index in [0.717, 1.165) is 41.5 Å². The van der Waals surface area contributed by atoms with Crippen LogP contribution in [-0.4, -0.2) is 21.5 Å². The van der Waals surface area contributed by atoms with E-state index in [2.05, 4.69) is 22.6 Å². The second-order valence-corrected chi connectivity index (χ2v) is 4.67. The van der Waals surface area contributed by atoms with Crippen LogP contribution in [0.2, 0.25) is 5.02 Å². The van der Waals surface area contributed by atoms with Crippen LogP contribution < -0.4 is 5.32 Å². The van der Waals surface area contributed by atoms with E-state index >= 15 is 0 Å². The Kier molecular flexibility index (Phi) is 4.33. The average Bonchev–Trinajstić information content (AvgIpc) is 2.82. The van der Waals surface area contributed by atoms with Crippen molar-refractivity contribution in [2.75, 3.05) is 6.54 Å². The molecule has 0 saturated heterocycles. The van der Waals surface area contributed by atoms with Crippen molar-refractivity contribution in [1.29, 1.82) is 0 Å². The van der Waals surface area contributed by atoms with Crippen molar-refractivity contribution in [2.24, 2.45) is 0 Å². The lowest BCUT2D eigenvalue weighted by atomic mass is 10.2. The molecule has 0 radical (unpaired) electrons. The predicted molar refractivity (Wildman–Crippen MR) is 73.1 cm³/mol. The Hall–Kier alpha value is -1.39. The summed E-state index contributed by atoms with van der Waals surface area (Å²) >= 11 is 6.10. The van der Waals surface area contributed by atoms with Crippen LogP contribution in [0.4, 0.5) is 0 Å². The molecule has 0 aliphatic carbocycles. The van der Waals surface area contributed by atoms with Gasteiger partial charge in [0.25, 0.3) is 0 Å². The van der Waals surface area contributed by atoms with Gasteiger partial charge in [0, 0.05) is 11.6 Å². The van der Waals surface area contributed by atoms with Gasteiger partial charge in [0.2, 0.25) is 0 Å². The lowest BCUT2D eigenvalue weighted by molar-refractivity contribution is 0.662. The zero-order valence-corrected chi connectivity index (χ0v) is 11.4. The van der Waals surface area contributed by atoms with Crippen LogP contribution >= 0.6 is 11.6 Å². The Balaban J connectivity index is 2.11. The molecule has 4 nitrogen and oxygen atoms in total. The number of halogens is 1. The topological polar surface area (TPSA) is 42.7 Å². The summed E-state index contributed by atoms with van der Waals surface area (Å²) in [6.45, 7) is 5.85. The molecule has 5 heteroatoms. The third-order valence-electron chi connectivity index (χ3n) is 2.69. The summed E-state index contributed by atoms with van der Waals surface area (Å²) in [7, 11) is 0. The van der Waals surface area contributed by atoms with Crippen LogP contribution in [0.5, 0.6) is 0 Å². The van der Waals surface area contributed by atoms with Gasteiger partial charge in [0.15, 0.2) is 0 Å². The van der Waals surface area contributed by atoms with Crippen LogP contribution in [0.1, 0.15) is 24.6 Å². The number of benzene rings is 1. The van der Waals surface area contributed by atoms with Gasteiger partial charge >= 0.3 is 0 Å². The summed E-state index contributed by atoms with van der Waals surface area (Å²) in [5.74, 6) is 0. The number of aromatic nitrogens is 3. The first-order valence-electron chi connectivity index (χ1n) is 6.09. The van der Waals surface area contributed by atoms with E-state index in [-0.39, 0.29) is 0 Å². The molecule has 2 aromatic rings. The third kappa shape index (κ3) is 3.09. The number of nitrogens with one attached hydrogen (secondary N) is 1. The first-order chi connectivity index (χ1) is 8.70. The van der Waals surface area contributed by atoms with Gasteiger partial charge in [-0.05, 0) is 37.6 Å². The highest BCUT2D eigenvalue weighted by molar-refractivity contribution is 6.31. The molecule has 1 heterocycles. The zero-order chi connectivity index (χ0) is 13.0. The van der Waals surface area contributed by atoms with Gasteiger partial charge in [0.05, 0.1) is 17.6 Å². The van der Waals surface area contributed by atoms with Crippen molar-refractivity contribution < 1.29 is 0 Å². The third-order valence-corrected chi connectivity index (χ3v) is 3.10. The summed E-state index contributed by atoms with van der Waals surface area (Å²) in [6, 6.07) is 5.86. The van der Waals surface area contributed by atoms with Gasteiger partial charge < -0.3 is 5.32 Å². The molecule has 18 heavy (non-hydrogen) atoms. The highest BCUT2D eigenvalue weighted by atomic mass is 35.5. The van der Waals surface area contributed by atoms with Crippen molar-refractivity contribution in [1.82, 2.24) is 20.3 Å². The van der Waals surface area contributed by atoms with Crippen molar-refractivity contribution in [3.05, 3.63) is 40.7 Å². The fraction of sp³-hybridized carbons (Fsp3) is 0.385. The van der Waals surface area contributed by atoms with Gasteiger partial charge in [-0.3, -0.25) is 0 Å². The van der Waals surface area contributed by atoms with E-state index in [1.54, 1.807) is 4.68 Å². The molecule has 1 aromatic carbocycles. The molecule has 1 aromatic heterocycles. The molecule has 0 aliphatic rings. The van der Waals surface area contributed by atoms with E-state index in [0.29, 0.717) is 0 Å². The zero-order valence-electron chi connectivity index (χ0n) is 10.7. The molecular weight excluding hydrogens is 248 g/mol. The number of hydrogen-bond donors (Lipinski definition) is 1. The maximum atomic E-state index is 6.10. The molecule has 2 rings (SSSR count). The smallest absolute Gasteiger partial charge is 0.0969 e. The molecule has 0 spiro atoms. The summed E-state index contributed by atoms with van der Waals surface area (Å²) in [4.78, 5) is 0. The Morgan fingerprint density at radius 3 is 2.94 bits per heavy atom. The van der Waals surface area contributed by atoms with Gasteiger partial charge in [0.1, 0.15) is 0 Å². The fourth-order valence-corrected chi connectivity index (χ4v) is 1.80. The Labute approximate surface area is 112 Å². The van der Waals surface area contributed by atoms with E-state index in [4.69, 9.17) is 11.6 Å². The number of rotatable bonds is 5. The van der Waals surface area contributed by atoms with Crippen molar-refractivity contribution >= 4 is 11.6 Å². The first-order valence-corrected chi connectivity index (χ1v) is 6.47. The minimum atomic E-state index is 0.743. The number of hydrogen-bond acceptors (Lipinski definition) is 3. The minimum absolute atomic E-state index is 0.743. The summed E-state index contributed by atoms with van der Waals surface area (Å²) in [5, 5.41) is 12.3. The highest BCUT2D eigenvalue weighted by Crippen LogP contribution is 2.18. The van der Waals surface area contributed by atoms with E-state index in [1.807, 2.05) is 31.3 Å². The SMILES string of the molecule is CCCNCc1cn(-c2ccc(C)c(Cl)c2)nn1. The molecule has 0 atom stereocenters. The van der Waals surface area contributed by atoms with Crippen LogP contribution in [0.15, 0.2) is 24.4 Å².